The van der Waals surface area contributed by atoms with Crippen LogP contribution in [0.5, 0.6) is 0 Å². The zero-order chi connectivity index (χ0) is 12.8. The molecule has 4 nitrogen and oxygen atoms in total. The Morgan fingerprint density at radius 2 is 2.17 bits per heavy atom. The Morgan fingerprint density at radius 3 is 2.89 bits per heavy atom. The van der Waals surface area contributed by atoms with Crippen LogP contribution in [0.4, 0.5) is 0 Å². The Kier molecular flexibility index (Phi) is 5.45. The van der Waals surface area contributed by atoms with Crippen LogP contribution in [-0.4, -0.2) is 43.2 Å². The summed E-state index contributed by atoms with van der Waals surface area (Å²) < 4.78 is 5.56. The van der Waals surface area contributed by atoms with Gasteiger partial charge in [-0.25, -0.2) is 0 Å². The quantitative estimate of drug-likeness (QED) is 0.809. The highest BCUT2D eigenvalue weighted by atomic mass is 16.5. The van der Waals surface area contributed by atoms with Gasteiger partial charge in [-0.1, -0.05) is 0 Å². The van der Waals surface area contributed by atoms with Crippen LogP contribution in [0.15, 0.2) is 0 Å². The van der Waals surface area contributed by atoms with Crippen LogP contribution in [-0.2, 0) is 9.53 Å². The molecular formula is C14H26N2O2. The number of nitrogens with zero attached hydrogens (tertiary/aromatic N) is 1. The molecule has 0 aromatic carbocycles. The molecule has 18 heavy (non-hydrogen) atoms. The van der Waals surface area contributed by atoms with Crippen molar-refractivity contribution in [1.82, 2.24) is 4.90 Å². The van der Waals surface area contributed by atoms with Crippen LogP contribution >= 0.6 is 0 Å². The lowest BCUT2D eigenvalue weighted by Crippen LogP contribution is -2.40. The van der Waals surface area contributed by atoms with Gasteiger partial charge in [0.2, 0.25) is 5.91 Å². The predicted octanol–water partition coefficient (Wildman–Crippen LogP) is 1.53. The average molecular weight is 254 g/mol. The molecule has 2 saturated heterocycles. The van der Waals surface area contributed by atoms with E-state index in [2.05, 4.69) is 0 Å². The SMILES string of the molecule is NCCC1CCCN(C(=O)CCC2CCCO2)C1. The fourth-order valence-electron chi connectivity index (χ4n) is 3.08. The maximum Gasteiger partial charge on any atom is 0.222 e. The molecule has 4 heteroatoms. The molecule has 0 aromatic heterocycles. The molecule has 2 unspecified atom stereocenters. The maximum atomic E-state index is 12.1. The van der Waals surface area contributed by atoms with E-state index in [0.717, 1.165) is 58.3 Å². The maximum absolute atomic E-state index is 12.1. The van der Waals surface area contributed by atoms with E-state index in [0.29, 0.717) is 24.3 Å². The van der Waals surface area contributed by atoms with Gasteiger partial charge in [0.25, 0.3) is 0 Å². The van der Waals surface area contributed by atoms with Gasteiger partial charge in [0.05, 0.1) is 6.10 Å². The van der Waals surface area contributed by atoms with Crippen molar-refractivity contribution in [2.75, 3.05) is 26.2 Å². The zero-order valence-corrected chi connectivity index (χ0v) is 11.3. The van der Waals surface area contributed by atoms with E-state index in [1.165, 1.54) is 6.42 Å². The number of carbonyl (C=O) groups is 1. The summed E-state index contributed by atoms with van der Waals surface area (Å²) >= 11 is 0. The van der Waals surface area contributed by atoms with Crippen LogP contribution in [0.2, 0.25) is 0 Å². The number of ether oxygens (including phenoxy) is 1. The van der Waals surface area contributed by atoms with Gasteiger partial charge in [0.1, 0.15) is 0 Å². The summed E-state index contributed by atoms with van der Waals surface area (Å²) in [6.07, 6.45) is 7.58. The molecule has 2 heterocycles. The van der Waals surface area contributed by atoms with E-state index in [1.807, 2.05) is 4.90 Å². The molecule has 2 aliphatic rings. The fourth-order valence-corrected chi connectivity index (χ4v) is 3.08. The monoisotopic (exact) mass is 254 g/mol. The Balaban J connectivity index is 1.70. The molecule has 2 fully saturated rings. The highest BCUT2D eigenvalue weighted by molar-refractivity contribution is 5.76. The molecule has 2 N–H and O–H groups in total. The van der Waals surface area contributed by atoms with E-state index in [-0.39, 0.29) is 0 Å². The minimum absolute atomic E-state index is 0.312. The summed E-state index contributed by atoms with van der Waals surface area (Å²) in [6, 6.07) is 0. The van der Waals surface area contributed by atoms with Gasteiger partial charge in [0.15, 0.2) is 0 Å². The summed E-state index contributed by atoms with van der Waals surface area (Å²) in [5.41, 5.74) is 5.60. The van der Waals surface area contributed by atoms with Gasteiger partial charge in [-0.2, -0.15) is 0 Å². The predicted molar refractivity (Wildman–Crippen MR) is 71.2 cm³/mol. The van der Waals surface area contributed by atoms with E-state index < -0.39 is 0 Å². The smallest absolute Gasteiger partial charge is 0.222 e. The lowest BCUT2D eigenvalue weighted by Gasteiger charge is -2.33. The first kappa shape index (κ1) is 13.8. The van der Waals surface area contributed by atoms with Crippen LogP contribution in [0, 0.1) is 5.92 Å². The number of piperidine rings is 1. The number of rotatable bonds is 5. The number of hydrogen-bond acceptors (Lipinski definition) is 3. The van der Waals surface area contributed by atoms with Crippen LogP contribution in [0.25, 0.3) is 0 Å². The van der Waals surface area contributed by atoms with Crippen LogP contribution < -0.4 is 5.73 Å². The van der Waals surface area contributed by atoms with Crippen molar-refractivity contribution in [3.63, 3.8) is 0 Å². The summed E-state index contributed by atoms with van der Waals surface area (Å²) in [5.74, 6) is 0.933. The van der Waals surface area contributed by atoms with Gasteiger partial charge in [-0.05, 0) is 51.0 Å². The zero-order valence-electron chi connectivity index (χ0n) is 11.3. The lowest BCUT2D eigenvalue weighted by molar-refractivity contribution is -0.133. The Bertz CT molecular complexity index is 263. The third kappa shape index (κ3) is 3.95. The van der Waals surface area contributed by atoms with Crippen molar-refractivity contribution in [2.24, 2.45) is 11.7 Å². The second-order valence-electron chi connectivity index (χ2n) is 5.60. The average Bonchev–Trinajstić information content (AvgIpc) is 2.90. The first-order chi connectivity index (χ1) is 8.79. The van der Waals surface area contributed by atoms with E-state index in [4.69, 9.17) is 10.5 Å². The molecule has 0 aromatic rings. The Hall–Kier alpha value is -0.610. The minimum atomic E-state index is 0.312. The molecule has 2 aliphatic heterocycles. The van der Waals surface area contributed by atoms with Crippen molar-refractivity contribution in [2.45, 2.75) is 51.0 Å². The first-order valence-electron chi connectivity index (χ1n) is 7.39. The summed E-state index contributed by atoms with van der Waals surface area (Å²) in [6.45, 7) is 3.47. The number of carbonyl (C=O) groups excluding carboxylic acids is 1. The normalized spacial score (nSPS) is 28.6. The number of nitrogens with two attached hydrogens (primary N) is 1. The first-order valence-corrected chi connectivity index (χ1v) is 7.39. The number of likely N-dealkylation sites (tertiary alicyclic amines) is 1. The van der Waals surface area contributed by atoms with Gasteiger partial charge in [-0.15, -0.1) is 0 Å². The summed E-state index contributed by atoms with van der Waals surface area (Å²) in [7, 11) is 0. The van der Waals surface area contributed by atoms with Gasteiger partial charge >= 0.3 is 0 Å². The number of amides is 1. The summed E-state index contributed by atoms with van der Waals surface area (Å²) in [4.78, 5) is 14.2. The molecule has 104 valence electrons. The van der Waals surface area contributed by atoms with Gasteiger partial charge in [-0.3, -0.25) is 4.79 Å². The molecule has 0 radical (unpaired) electrons. The van der Waals surface area contributed by atoms with Crippen LogP contribution in [0.3, 0.4) is 0 Å². The minimum Gasteiger partial charge on any atom is -0.378 e. The Morgan fingerprint density at radius 1 is 1.28 bits per heavy atom. The van der Waals surface area contributed by atoms with Crippen molar-refractivity contribution in [3.8, 4) is 0 Å². The Labute approximate surface area is 110 Å². The van der Waals surface area contributed by atoms with E-state index >= 15 is 0 Å². The fraction of sp³-hybridized carbons (Fsp3) is 0.929. The molecule has 1 amide bonds. The second-order valence-corrected chi connectivity index (χ2v) is 5.60. The second kappa shape index (κ2) is 7.10. The molecule has 2 rings (SSSR count). The third-order valence-corrected chi connectivity index (χ3v) is 4.15. The molecule has 0 aliphatic carbocycles. The largest absolute Gasteiger partial charge is 0.378 e. The van der Waals surface area contributed by atoms with Crippen LogP contribution in [0.1, 0.15) is 44.9 Å². The van der Waals surface area contributed by atoms with Crippen molar-refractivity contribution in [1.29, 1.82) is 0 Å². The molecule has 0 spiro atoms. The van der Waals surface area contributed by atoms with E-state index in [1.54, 1.807) is 0 Å². The van der Waals surface area contributed by atoms with Gasteiger partial charge in [0, 0.05) is 26.1 Å². The standard InChI is InChI=1S/C14H26N2O2/c15-8-7-12-3-1-9-16(11-12)14(17)6-5-13-4-2-10-18-13/h12-13H,1-11,15H2. The van der Waals surface area contributed by atoms with E-state index in [9.17, 15) is 4.79 Å². The highest BCUT2D eigenvalue weighted by Gasteiger charge is 2.24. The lowest BCUT2D eigenvalue weighted by atomic mass is 9.94. The number of hydrogen-bond donors (Lipinski definition) is 1. The summed E-state index contributed by atoms with van der Waals surface area (Å²) in [5, 5.41) is 0. The van der Waals surface area contributed by atoms with Crippen molar-refractivity contribution < 1.29 is 9.53 Å². The molecule has 2 atom stereocenters. The molecule has 0 bridgehead atoms. The highest BCUT2D eigenvalue weighted by Crippen LogP contribution is 2.21. The topological polar surface area (TPSA) is 55.6 Å². The molecular weight excluding hydrogens is 228 g/mol. The van der Waals surface area contributed by atoms with Crippen molar-refractivity contribution in [3.05, 3.63) is 0 Å². The van der Waals surface area contributed by atoms with Crippen molar-refractivity contribution >= 4 is 5.91 Å². The van der Waals surface area contributed by atoms with Gasteiger partial charge < -0.3 is 15.4 Å². The third-order valence-electron chi connectivity index (χ3n) is 4.15. The molecule has 0 saturated carbocycles.